The number of halogens is 2. The van der Waals surface area contributed by atoms with E-state index in [0.717, 1.165) is 36.0 Å². The fourth-order valence-electron chi connectivity index (χ4n) is 7.19. The lowest BCUT2D eigenvalue weighted by Gasteiger charge is -2.42. The van der Waals surface area contributed by atoms with E-state index in [1.165, 1.54) is 23.1 Å². The molecule has 2 fully saturated rings. The topological polar surface area (TPSA) is 162 Å². The first kappa shape index (κ1) is 33.3. The van der Waals surface area contributed by atoms with E-state index in [9.17, 15) is 28.4 Å². The van der Waals surface area contributed by atoms with E-state index in [1.54, 1.807) is 20.8 Å². The lowest BCUT2D eigenvalue weighted by Crippen LogP contribution is -2.55. The minimum Gasteiger partial charge on any atom is -0.465 e. The van der Waals surface area contributed by atoms with Crippen LogP contribution in [0.4, 0.5) is 24.7 Å². The second kappa shape index (κ2) is 11.7. The number of carboxylic acid groups (broad SMARTS) is 1. The number of fused-ring (bicyclic) bond motifs is 6. The average Bonchev–Trinajstić information content (AvgIpc) is 3.70. The molecule has 12 nitrogen and oxygen atoms in total. The maximum Gasteiger partial charge on any atom is 0.412 e. The van der Waals surface area contributed by atoms with Gasteiger partial charge >= 0.3 is 12.2 Å². The van der Waals surface area contributed by atoms with Crippen LogP contribution >= 0.6 is 22.9 Å². The summed E-state index contributed by atoms with van der Waals surface area (Å²) in [7, 11) is -3.85. The predicted molar refractivity (Wildman–Crippen MR) is 183 cm³/mol. The molecule has 2 amide bonds. The number of ether oxygens (including phenoxy) is 2. The SMILES string of the molecule is CC(C)(C)OC(=O)Nc1sc2c(F)ccc(-c3c4c(c5c(N6C7CCC6CN(C(=O)O)C7)cc(S(C)(=O)=O)nc5c3Cl)COC4)c2c1C#N. The quantitative estimate of drug-likeness (QED) is 0.226. The highest BCUT2D eigenvalue weighted by Crippen LogP contribution is 2.51. The summed E-state index contributed by atoms with van der Waals surface area (Å²) >= 11 is 8.15. The van der Waals surface area contributed by atoms with Crippen molar-refractivity contribution in [2.24, 2.45) is 0 Å². The minimum atomic E-state index is -3.85. The number of rotatable bonds is 4. The Morgan fingerprint density at radius 3 is 2.47 bits per heavy atom. The maximum atomic E-state index is 15.4. The summed E-state index contributed by atoms with van der Waals surface area (Å²) in [5.41, 5.74) is 2.16. The van der Waals surface area contributed by atoms with Crippen molar-refractivity contribution in [3.8, 4) is 17.2 Å². The van der Waals surface area contributed by atoms with E-state index in [0.29, 0.717) is 27.8 Å². The molecule has 2 atom stereocenters. The summed E-state index contributed by atoms with van der Waals surface area (Å²) < 4.78 is 53.0. The third kappa shape index (κ3) is 5.60. The van der Waals surface area contributed by atoms with Gasteiger partial charge in [-0.25, -0.2) is 27.4 Å². The monoisotopic (exact) mass is 727 g/mol. The Hall–Kier alpha value is -4.23. The van der Waals surface area contributed by atoms with Gasteiger partial charge in [-0.1, -0.05) is 17.7 Å². The first-order valence-corrected chi connectivity index (χ1v) is 18.5. The van der Waals surface area contributed by atoms with E-state index in [1.807, 2.05) is 0 Å². The fourth-order valence-corrected chi connectivity index (χ4v) is 9.19. The van der Waals surface area contributed by atoms with E-state index < -0.39 is 33.4 Å². The van der Waals surface area contributed by atoms with Crippen LogP contribution in [-0.4, -0.2) is 72.6 Å². The van der Waals surface area contributed by atoms with Crippen LogP contribution in [0, 0.1) is 17.1 Å². The van der Waals surface area contributed by atoms with Crippen molar-refractivity contribution in [1.82, 2.24) is 9.88 Å². The van der Waals surface area contributed by atoms with Gasteiger partial charge in [0.25, 0.3) is 0 Å². The second-order valence-electron chi connectivity index (χ2n) is 13.4. The van der Waals surface area contributed by atoms with Crippen LogP contribution < -0.4 is 10.2 Å². The summed E-state index contributed by atoms with van der Waals surface area (Å²) in [4.78, 5) is 32.6. The summed E-state index contributed by atoms with van der Waals surface area (Å²) in [6, 6.07) is 6.01. The van der Waals surface area contributed by atoms with Gasteiger partial charge < -0.3 is 24.4 Å². The number of amides is 2. The number of pyridine rings is 1. The molecule has 2 aromatic carbocycles. The largest absolute Gasteiger partial charge is 0.465 e. The molecule has 2 unspecified atom stereocenters. The number of sulfone groups is 1. The van der Waals surface area contributed by atoms with Crippen molar-refractivity contribution in [3.63, 3.8) is 0 Å². The van der Waals surface area contributed by atoms with Crippen molar-refractivity contribution in [3.05, 3.63) is 45.7 Å². The summed E-state index contributed by atoms with van der Waals surface area (Å²) in [6.07, 6.45) is 0.688. The number of hydrogen-bond donors (Lipinski definition) is 2. The fraction of sp³-hybridized carbons (Fsp3) is 0.394. The molecule has 0 aliphatic carbocycles. The number of likely N-dealkylation sites (tertiary alicyclic amines) is 1. The predicted octanol–water partition coefficient (Wildman–Crippen LogP) is 6.89. The Morgan fingerprint density at radius 2 is 1.86 bits per heavy atom. The lowest BCUT2D eigenvalue weighted by molar-refractivity contribution is 0.0636. The molecule has 0 saturated carbocycles. The zero-order valence-electron chi connectivity index (χ0n) is 26.9. The minimum absolute atomic E-state index is 0.00981. The Morgan fingerprint density at radius 1 is 1.18 bits per heavy atom. The molecule has 3 aliphatic rings. The standard InChI is InChI=1S/C33H31ClFN5O7S2/c1-33(2,3)47-31(41)38-30-18(10-36)25-17(7-8-21(35)29(25)48-30)24-19-13-46-14-20(19)26-22(9-23(49(4,44)45)37-28(26)27(24)34)40-15-5-6-16(40)12-39(11-15)32(42)43/h7-9,15-16H,5-6,11-14H2,1-4H3,(H,38,41)(H,42,43). The van der Waals surface area contributed by atoms with Crippen LogP contribution in [-0.2, 0) is 32.5 Å². The summed E-state index contributed by atoms with van der Waals surface area (Å²) in [5.74, 6) is -0.613. The molecule has 5 heterocycles. The highest BCUT2D eigenvalue weighted by molar-refractivity contribution is 7.90. The molecule has 2 aromatic heterocycles. The van der Waals surface area contributed by atoms with Crippen molar-refractivity contribution < 1.29 is 37.0 Å². The van der Waals surface area contributed by atoms with Crippen molar-refractivity contribution in [2.45, 2.75) is 69.5 Å². The Labute approximate surface area is 289 Å². The number of nitriles is 1. The molecule has 2 saturated heterocycles. The zero-order valence-corrected chi connectivity index (χ0v) is 29.3. The van der Waals surface area contributed by atoms with Crippen LogP contribution in [0.1, 0.15) is 50.3 Å². The number of benzene rings is 2. The third-order valence-corrected chi connectivity index (χ3v) is 11.5. The average molecular weight is 728 g/mol. The normalized spacial score (nSPS) is 19.0. The Balaban J connectivity index is 1.48. The molecular formula is C33H31ClFN5O7S2. The van der Waals surface area contributed by atoms with Gasteiger partial charge in [0, 0.05) is 47.8 Å². The third-order valence-electron chi connectivity index (χ3n) is 9.06. The van der Waals surface area contributed by atoms with Gasteiger partial charge in [-0.3, -0.25) is 5.32 Å². The van der Waals surface area contributed by atoms with Crippen LogP contribution in [0.2, 0.25) is 5.02 Å². The van der Waals surface area contributed by atoms with E-state index in [2.05, 4.69) is 21.3 Å². The molecule has 16 heteroatoms. The van der Waals surface area contributed by atoms with Gasteiger partial charge in [-0.05, 0) is 62.4 Å². The molecule has 0 radical (unpaired) electrons. The van der Waals surface area contributed by atoms with Crippen molar-refractivity contribution in [1.29, 1.82) is 5.26 Å². The summed E-state index contributed by atoms with van der Waals surface area (Å²) in [5, 5.41) is 23.4. The molecule has 2 N–H and O–H groups in total. The first-order valence-electron chi connectivity index (χ1n) is 15.4. The van der Waals surface area contributed by atoms with Gasteiger partial charge in [0.2, 0.25) is 0 Å². The first-order chi connectivity index (χ1) is 23.1. The number of hydrogen-bond acceptors (Lipinski definition) is 10. The highest BCUT2D eigenvalue weighted by atomic mass is 35.5. The van der Waals surface area contributed by atoms with Crippen LogP contribution in [0.25, 0.3) is 32.1 Å². The zero-order chi connectivity index (χ0) is 35.2. The molecule has 256 valence electrons. The number of carbonyl (C=O) groups excluding carboxylic acids is 1. The van der Waals surface area contributed by atoms with Crippen LogP contribution in [0.15, 0.2) is 23.2 Å². The van der Waals surface area contributed by atoms with E-state index in [-0.39, 0.29) is 74.6 Å². The van der Waals surface area contributed by atoms with Gasteiger partial charge in [0.1, 0.15) is 22.5 Å². The number of thiophene rings is 1. The van der Waals surface area contributed by atoms with Gasteiger partial charge in [0.05, 0.1) is 39.7 Å². The molecule has 49 heavy (non-hydrogen) atoms. The van der Waals surface area contributed by atoms with Gasteiger partial charge in [0.15, 0.2) is 14.9 Å². The van der Waals surface area contributed by atoms with Gasteiger partial charge in [-0.15, -0.1) is 11.3 Å². The smallest absolute Gasteiger partial charge is 0.412 e. The van der Waals surface area contributed by atoms with E-state index in [4.69, 9.17) is 21.1 Å². The van der Waals surface area contributed by atoms with Crippen molar-refractivity contribution >= 4 is 76.6 Å². The van der Waals surface area contributed by atoms with E-state index >= 15 is 4.39 Å². The van der Waals surface area contributed by atoms with Gasteiger partial charge in [-0.2, -0.15) is 5.26 Å². The molecular weight excluding hydrogens is 697 g/mol. The number of carbonyl (C=O) groups is 2. The molecule has 0 spiro atoms. The number of anilines is 2. The summed E-state index contributed by atoms with van der Waals surface area (Å²) in [6.45, 7) is 5.88. The Bertz CT molecular complexity index is 2250. The molecule has 7 rings (SSSR count). The molecule has 2 bridgehead atoms. The maximum absolute atomic E-state index is 15.4. The van der Waals surface area contributed by atoms with Crippen molar-refractivity contribution in [2.75, 3.05) is 29.6 Å². The molecule has 4 aromatic rings. The number of aromatic nitrogens is 1. The second-order valence-corrected chi connectivity index (χ2v) is 16.8. The highest BCUT2D eigenvalue weighted by Gasteiger charge is 2.43. The number of nitrogens with one attached hydrogen (secondary N) is 1. The lowest BCUT2D eigenvalue weighted by atomic mass is 9.90. The number of piperazine rings is 1. The van der Waals surface area contributed by atoms with Crippen LogP contribution in [0.3, 0.4) is 0 Å². The number of nitrogens with zero attached hydrogens (tertiary/aromatic N) is 4. The van der Waals surface area contributed by atoms with Crippen LogP contribution in [0.5, 0.6) is 0 Å². The Kier molecular flexibility index (Phi) is 7.94. The molecule has 3 aliphatic heterocycles.